The van der Waals surface area contributed by atoms with Crippen molar-refractivity contribution in [2.24, 2.45) is 0 Å². The van der Waals surface area contributed by atoms with Crippen LogP contribution in [0.3, 0.4) is 0 Å². The maximum atomic E-state index is 6.44. The van der Waals surface area contributed by atoms with E-state index in [2.05, 4.69) is 21.5 Å². The van der Waals surface area contributed by atoms with E-state index in [0.717, 1.165) is 35.6 Å². The van der Waals surface area contributed by atoms with Crippen LogP contribution in [0.15, 0.2) is 42.6 Å². The molecule has 1 aliphatic rings. The number of benzene rings is 1. The van der Waals surface area contributed by atoms with Crippen LogP contribution in [0.5, 0.6) is 0 Å². The van der Waals surface area contributed by atoms with E-state index in [4.69, 9.17) is 16.6 Å². The van der Waals surface area contributed by atoms with Crippen LogP contribution in [0.2, 0.25) is 5.02 Å². The van der Waals surface area contributed by atoms with Crippen molar-refractivity contribution in [2.45, 2.75) is 18.9 Å². The summed E-state index contributed by atoms with van der Waals surface area (Å²) in [5.41, 5.74) is 2.73. The fraction of sp³-hybridized carbons (Fsp3) is 0.294. The summed E-state index contributed by atoms with van der Waals surface area (Å²) in [6.45, 7) is 1.10. The van der Waals surface area contributed by atoms with Crippen LogP contribution < -0.4 is 0 Å². The second-order valence-electron chi connectivity index (χ2n) is 5.74. The monoisotopic (exact) mass is 312 g/mol. The Labute approximate surface area is 134 Å². The number of imidazole rings is 1. The first-order chi connectivity index (χ1) is 10.8. The molecule has 3 aromatic rings. The lowest BCUT2D eigenvalue weighted by Crippen LogP contribution is -2.21. The highest BCUT2D eigenvalue weighted by molar-refractivity contribution is 6.32. The van der Waals surface area contributed by atoms with E-state index >= 15 is 0 Å². The topological polar surface area (TPSA) is 34.0 Å². The van der Waals surface area contributed by atoms with Gasteiger partial charge in [0.2, 0.25) is 0 Å². The van der Waals surface area contributed by atoms with Gasteiger partial charge in [0.15, 0.2) is 5.65 Å². The third-order valence-electron chi connectivity index (χ3n) is 4.35. The minimum atomic E-state index is 0.311. The summed E-state index contributed by atoms with van der Waals surface area (Å²) < 4.78 is 2.12. The molecule has 1 aliphatic heterocycles. The maximum Gasteiger partial charge on any atom is 0.164 e. The molecule has 0 N–H and O–H groups in total. The molecule has 5 heteroatoms. The van der Waals surface area contributed by atoms with Gasteiger partial charge in [0.05, 0.1) is 16.8 Å². The Morgan fingerprint density at radius 3 is 2.82 bits per heavy atom. The van der Waals surface area contributed by atoms with Crippen LogP contribution in [0, 0.1) is 0 Å². The van der Waals surface area contributed by atoms with Crippen LogP contribution in [0.1, 0.15) is 24.7 Å². The molecule has 2 aromatic heterocycles. The second kappa shape index (κ2) is 5.38. The summed E-state index contributed by atoms with van der Waals surface area (Å²) in [7, 11) is 2.15. The number of para-hydroxylation sites is 1. The van der Waals surface area contributed by atoms with Crippen molar-refractivity contribution in [3.05, 3.63) is 53.4 Å². The van der Waals surface area contributed by atoms with Gasteiger partial charge in [-0.05, 0) is 50.7 Å². The molecule has 4 nitrogen and oxygen atoms in total. The lowest BCUT2D eigenvalue weighted by Gasteiger charge is -2.20. The zero-order chi connectivity index (χ0) is 15.1. The predicted molar refractivity (Wildman–Crippen MR) is 88.5 cm³/mol. The Bertz CT molecular complexity index is 826. The Hall–Kier alpha value is -1.91. The Kier molecular flexibility index (Phi) is 3.36. The minimum absolute atomic E-state index is 0.311. The van der Waals surface area contributed by atoms with Crippen LogP contribution in [0.25, 0.3) is 16.9 Å². The second-order valence-corrected chi connectivity index (χ2v) is 6.15. The van der Waals surface area contributed by atoms with E-state index in [1.807, 2.05) is 36.4 Å². The average molecular weight is 313 g/mol. The highest BCUT2D eigenvalue weighted by Crippen LogP contribution is 2.34. The number of rotatable bonds is 2. The molecule has 0 spiro atoms. The standard InChI is InChI=1S/C17H17ClN4/c1-21-11-5-9-15(21)17-20-13-7-4-10-19-16(13)22(17)14-8-3-2-6-12(14)18/h2-4,6-8,10,15H,5,9,11H2,1H3. The summed E-state index contributed by atoms with van der Waals surface area (Å²) in [5, 5.41) is 0.717. The number of hydrogen-bond acceptors (Lipinski definition) is 3. The first kappa shape index (κ1) is 13.7. The molecule has 0 bridgehead atoms. The van der Waals surface area contributed by atoms with Crippen LogP contribution in [0.4, 0.5) is 0 Å². The van der Waals surface area contributed by atoms with Crippen LogP contribution in [-0.4, -0.2) is 33.0 Å². The third-order valence-corrected chi connectivity index (χ3v) is 4.67. The number of likely N-dealkylation sites (tertiary alicyclic amines) is 1. The van der Waals surface area contributed by atoms with Gasteiger partial charge in [-0.1, -0.05) is 23.7 Å². The molecule has 0 aliphatic carbocycles. The largest absolute Gasteiger partial charge is 0.297 e. The highest BCUT2D eigenvalue weighted by Gasteiger charge is 2.29. The molecule has 1 aromatic carbocycles. The van der Waals surface area contributed by atoms with Gasteiger partial charge in [0.25, 0.3) is 0 Å². The van der Waals surface area contributed by atoms with E-state index in [1.165, 1.54) is 6.42 Å². The van der Waals surface area contributed by atoms with Gasteiger partial charge >= 0.3 is 0 Å². The van der Waals surface area contributed by atoms with E-state index < -0.39 is 0 Å². The van der Waals surface area contributed by atoms with E-state index in [-0.39, 0.29) is 0 Å². The number of pyridine rings is 1. The SMILES string of the molecule is CN1CCCC1c1nc2cccnc2n1-c1ccccc1Cl. The first-order valence-electron chi connectivity index (χ1n) is 7.54. The highest BCUT2D eigenvalue weighted by atomic mass is 35.5. The molecule has 4 rings (SSSR count). The van der Waals surface area contributed by atoms with Gasteiger partial charge in [-0.2, -0.15) is 0 Å². The summed E-state index contributed by atoms with van der Waals surface area (Å²) in [5.74, 6) is 1.03. The van der Waals surface area contributed by atoms with Crippen molar-refractivity contribution < 1.29 is 0 Å². The molecular formula is C17H17ClN4. The quantitative estimate of drug-likeness (QED) is 0.721. The van der Waals surface area contributed by atoms with Crippen LogP contribution >= 0.6 is 11.6 Å². The maximum absolute atomic E-state index is 6.44. The molecule has 22 heavy (non-hydrogen) atoms. The van der Waals surface area contributed by atoms with Crippen molar-refractivity contribution in [1.29, 1.82) is 0 Å². The summed E-state index contributed by atoms with van der Waals surface area (Å²) in [6, 6.07) is 12.1. The zero-order valence-electron chi connectivity index (χ0n) is 12.4. The molecule has 0 saturated carbocycles. The Balaban J connectivity index is 2.00. The van der Waals surface area contributed by atoms with E-state index in [1.54, 1.807) is 6.20 Å². The average Bonchev–Trinajstić information content (AvgIpc) is 3.11. The van der Waals surface area contributed by atoms with Gasteiger partial charge in [-0.25, -0.2) is 9.97 Å². The van der Waals surface area contributed by atoms with E-state index in [0.29, 0.717) is 11.1 Å². The third kappa shape index (κ3) is 2.11. The first-order valence-corrected chi connectivity index (χ1v) is 7.92. The Morgan fingerprint density at radius 1 is 1.18 bits per heavy atom. The van der Waals surface area contributed by atoms with Crippen LogP contribution in [-0.2, 0) is 0 Å². The molecule has 1 fully saturated rings. The molecule has 0 radical (unpaired) electrons. The fourth-order valence-electron chi connectivity index (χ4n) is 3.26. The van der Waals surface area contributed by atoms with Gasteiger partial charge in [-0.3, -0.25) is 9.47 Å². The van der Waals surface area contributed by atoms with Gasteiger partial charge in [0.1, 0.15) is 11.3 Å². The molecule has 3 heterocycles. The molecular weight excluding hydrogens is 296 g/mol. The lowest BCUT2D eigenvalue weighted by molar-refractivity contribution is 0.304. The van der Waals surface area contributed by atoms with Gasteiger partial charge < -0.3 is 0 Å². The smallest absolute Gasteiger partial charge is 0.164 e. The zero-order valence-corrected chi connectivity index (χ0v) is 13.2. The molecule has 1 atom stereocenters. The lowest BCUT2D eigenvalue weighted by atomic mass is 10.2. The number of fused-ring (bicyclic) bond motifs is 1. The number of aromatic nitrogens is 3. The molecule has 1 unspecified atom stereocenters. The number of hydrogen-bond donors (Lipinski definition) is 0. The van der Waals surface area contributed by atoms with Gasteiger partial charge in [0, 0.05) is 6.20 Å². The van der Waals surface area contributed by atoms with E-state index in [9.17, 15) is 0 Å². The molecule has 1 saturated heterocycles. The normalized spacial score (nSPS) is 19.1. The minimum Gasteiger partial charge on any atom is -0.297 e. The fourth-order valence-corrected chi connectivity index (χ4v) is 3.48. The molecule has 112 valence electrons. The van der Waals surface area contributed by atoms with Crippen molar-refractivity contribution in [1.82, 2.24) is 19.4 Å². The Morgan fingerprint density at radius 2 is 2.05 bits per heavy atom. The van der Waals surface area contributed by atoms with Crippen molar-refractivity contribution >= 4 is 22.8 Å². The summed E-state index contributed by atoms with van der Waals surface area (Å²) in [6.07, 6.45) is 4.12. The van der Waals surface area contributed by atoms with Crippen molar-refractivity contribution in [3.8, 4) is 5.69 Å². The van der Waals surface area contributed by atoms with Crippen molar-refractivity contribution in [3.63, 3.8) is 0 Å². The summed E-state index contributed by atoms with van der Waals surface area (Å²) >= 11 is 6.44. The molecule has 0 amide bonds. The predicted octanol–water partition coefficient (Wildman–Crippen LogP) is 3.84. The number of halogens is 1. The number of nitrogens with zero attached hydrogens (tertiary/aromatic N) is 4. The van der Waals surface area contributed by atoms with Crippen molar-refractivity contribution in [2.75, 3.05) is 13.6 Å². The van der Waals surface area contributed by atoms with Gasteiger partial charge in [-0.15, -0.1) is 0 Å². The summed E-state index contributed by atoms with van der Waals surface area (Å²) in [4.78, 5) is 11.8.